The van der Waals surface area contributed by atoms with Crippen molar-refractivity contribution in [3.8, 4) is 17.1 Å². The van der Waals surface area contributed by atoms with Gasteiger partial charge in [-0.05, 0) is 13.0 Å². The number of aromatic nitrogens is 2. The largest absolute Gasteiger partial charge is 0.478 e. The summed E-state index contributed by atoms with van der Waals surface area (Å²) < 4.78 is 12.2. The van der Waals surface area contributed by atoms with Crippen molar-refractivity contribution in [3.63, 3.8) is 0 Å². The molecule has 0 N–H and O–H groups in total. The third kappa shape index (κ3) is 1.33. The molecule has 5 nitrogen and oxygen atoms in total. The van der Waals surface area contributed by atoms with E-state index in [4.69, 9.17) is 9.26 Å². The Kier molecular flexibility index (Phi) is 2.33. The lowest BCUT2D eigenvalue weighted by Crippen LogP contribution is -2.09. The predicted octanol–water partition coefficient (Wildman–Crippen LogP) is 2.03. The smallest absolute Gasteiger partial charge is 0.373 e. The monoisotopic (exact) mass is 244 g/mol. The molecule has 2 aliphatic rings. The van der Waals surface area contributed by atoms with Crippen molar-refractivity contribution in [1.82, 2.24) is 9.72 Å². The van der Waals surface area contributed by atoms with E-state index in [2.05, 4.69) is 5.16 Å². The quantitative estimate of drug-likeness (QED) is 0.692. The van der Waals surface area contributed by atoms with Crippen LogP contribution in [0.25, 0.3) is 22.2 Å². The molecular weight excluding hydrogens is 232 g/mol. The molecule has 0 saturated heterocycles. The van der Waals surface area contributed by atoms with E-state index >= 15 is 0 Å². The van der Waals surface area contributed by atoms with Crippen LogP contribution in [0.5, 0.6) is 5.88 Å². The molecule has 18 heavy (non-hydrogen) atoms. The maximum atomic E-state index is 11.7. The summed E-state index contributed by atoms with van der Waals surface area (Å²) in [6, 6.07) is 7.70. The van der Waals surface area contributed by atoms with Gasteiger partial charge in [0.15, 0.2) is 5.56 Å². The van der Waals surface area contributed by atoms with Gasteiger partial charge < -0.3 is 13.8 Å². The highest BCUT2D eigenvalue weighted by Crippen LogP contribution is 2.34. The average molecular weight is 244 g/mol. The van der Waals surface area contributed by atoms with Crippen LogP contribution in [0.3, 0.4) is 0 Å². The lowest BCUT2D eigenvalue weighted by molar-refractivity contribution is 0.315. The van der Waals surface area contributed by atoms with Gasteiger partial charge in [-0.15, -0.1) is 0 Å². The second-order valence-electron chi connectivity index (χ2n) is 4.01. The van der Waals surface area contributed by atoms with Crippen molar-refractivity contribution in [3.05, 3.63) is 34.7 Å². The Morgan fingerprint density at radius 1 is 1.39 bits per heavy atom. The van der Waals surface area contributed by atoms with Crippen LogP contribution < -0.4 is 10.4 Å². The Labute approximate surface area is 103 Å². The maximum absolute atomic E-state index is 11.7. The molecule has 0 fully saturated rings. The lowest BCUT2D eigenvalue weighted by atomic mass is 10.1. The predicted molar refractivity (Wildman–Crippen MR) is 67.0 cm³/mol. The van der Waals surface area contributed by atoms with Crippen molar-refractivity contribution in [2.45, 2.75) is 6.92 Å². The fourth-order valence-electron chi connectivity index (χ4n) is 2.20. The van der Waals surface area contributed by atoms with Crippen LogP contribution in [0.2, 0.25) is 0 Å². The number of hydrogen-bond donors (Lipinski definition) is 0. The molecule has 2 heterocycles. The van der Waals surface area contributed by atoms with Gasteiger partial charge in [0.2, 0.25) is 5.88 Å². The zero-order chi connectivity index (χ0) is 12.7. The Bertz CT molecular complexity index is 742. The highest BCUT2D eigenvalue weighted by Gasteiger charge is 2.24. The van der Waals surface area contributed by atoms with Gasteiger partial charge in [0, 0.05) is 12.4 Å². The number of nitrogens with zero attached hydrogens (tertiary/aromatic N) is 2. The van der Waals surface area contributed by atoms with Crippen LogP contribution >= 0.6 is 0 Å². The molecular formula is C13H12N2O3. The first-order valence-corrected chi connectivity index (χ1v) is 5.74. The molecule has 0 spiro atoms. The van der Waals surface area contributed by atoms with Gasteiger partial charge >= 0.3 is 5.63 Å². The first kappa shape index (κ1) is 10.8. The number of fused-ring (bicyclic) bond motifs is 3. The molecule has 0 unspecified atom stereocenters. The van der Waals surface area contributed by atoms with Crippen molar-refractivity contribution in [2.75, 3.05) is 6.61 Å². The average Bonchev–Trinajstić information content (AvgIpc) is 2.77. The van der Waals surface area contributed by atoms with Crippen molar-refractivity contribution in [1.29, 1.82) is 0 Å². The van der Waals surface area contributed by atoms with E-state index < -0.39 is 5.63 Å². The molecule has 0 radical (unpaired) electrons. The van der Waals surface area contributed by atoms with Gasteiger partial charge in [-0.3, -0.25) is 0 Å². The second-order valence-corrected chi connectivity index (χ2v) is 4.01. The van der Waals surface area contributed by atoms with E-state index in [-0.39, 0.29) is 0 Å². The molecule has 0 aliphatic carbocycles. The highest BCUT2D eigenvalue weighted by atomic mass is 16.5. The molecule has 0 aromatic heterocycles. The number of benzene rings is 1. The zero-order valence-corrected chi connectivity index (χ0v) is 10.1. The Morgan fingerprint density at radius 3 is 2.94 bits per heavy atom. The summed E-state index contributed by atoms with van der Waals surface area (Å²) in [6.07, 6.45) is 0. The molecule has 2 aliphatic heterocycles. The summed E-state index contributed by atoms with van der Waals surface area (Å²) in [5.41, 5.74) is 1.44. The topological polar surface area (TPSA) is 57.3 Å². The number of aryl methyl sites for hydroxylation is 1. The summed E-state index contributed by atoms with van der Waals surface area (Å²) in [5, 5.41) is 4.73. The van der Waals surface area contributed by atoms with Crippen LogP contribution in [0.1, 0.15) is 6.92 Å². The molecule has 0 atom stereocenters. The van der Waals surface area contributed by atoms with Crippen LogP contribution in [-0.4, -0.2) is 16.3 Å². The van der Waals surface area contributed by atoms with E-state index in [0.717, 1.165) is 10.9 Å². The molecule has 92 valence electrons. The van der Waals surface area contributed by atoms with Crippen LogP contribution in [-0.2, 0) is 7.05 Å². The fourth-order valence-corrected chi connectivity index (χ4v) is 2.20. The van der Waals surface area contributed by atoms with Crippen molar-refractivity contribution < 1.29 is 9.26 Å². The van der Waals surface area contributed by atoms with E-state index in [1.807, 2.05) is 42.8 Å². The molecule has 5 heteroatoms. The standard InChI is InChI=1S/C13H12N2O3/c1-3-17-12-10-11(14-18-13(10)16)8-6-4-5-7-9(8)15(12)2/h4-7H,3H2,1-2H3. The summed E-state index contributed by atoms with van der Waals surface area (Å²) >= 11 is 0. The molecule has 3 rings (SSSR count). The molecule has 1 aromatic rings. The van der Waals surface area contributed by atoms with E-state index in [0.29, 0.717) is 23.7 Å². The first-order chi connectivity index (χ1) is 8.74. The normalized spacial score (nSPS) is 11.2. The third-order valence-corrected chi connectivity index (χ3v) is 2.98. The minimum Gasteiger partial charge on any atom is -0.478 e. The Balaban J connectivity index is 2.53. The van der Waals surface area contributed by atoms with E-state index in [9.17, 15) is 4.79 Å². The Hall–Kier alpha value is -2.30. The summed E-state index contributed by atoms with van der Waals surface area (Å²) in [6.45, 7) is 2.35. The lowest BCUT2D eigenvalue weighted by Gasteiger charge is -2.15. The Morgan fingerprint density at radius 2 is 2.17 bits per heavy atom. The van der Waals surface area contributed by atoms with Crippen molar-refractivity contribution >= 4 is 10.9 Å². The third-order valence-electron chi connectivity index (χ3n) is 2.98. The van der Waals surface area contributed by atoms with Crippen LogP contribution in [0.4, 0.5) is 0 Å². The van der Waals surface area contributed by atoms with Gasteiger partial charge in [0.05, 0.1) is 12.1 Å². The van der Waals surface area contributed by atoms with E-state index in [1.165, 1.54) is 0 Å². The minimum atomic E-state index is -0.463. The zero-order valence-electron chi connectivity index (χ0n) is 10.1. The summed E-state index contributed by atoms with van der Waals surface area (Å²) in [7, 11) is 1.86. The maximum Gasteiger partial charge on any atom is 0.373 e. The molecule has 0 amide bonds. The molecule has 0 saturated carbocycles. The van der Waals surface area contributed by atoms with Gasteiger partial charge in [0.25, 0.3) is 0 Å². The minimum absolute atomic E-state index is 0.401. The molecule has 0 bridgehead atoms. The van der Waals surface area contributed by atoms with Crippen molar-refractivity contribution in [2.24, 2.45) is 7.05 Å². The van der Waals surface area contributed by atoms with Crippen LogP contribution in [0, 0.1) is 0 Å². The number of rotatable bonds is 2. The number of hydrogen-bond acceptors (Lipinski definition) is 4. The van der Waals surface area contributed by atoms with Gasteiger partial charge in [-0.1, -0.05) is 23.4 Å². The van der Waals surface area contributed by atoms with Gasteiger partial charge in [-0.25, -0.2) is 4.79 Å². The molecule has 1 aromatic carbocycles. The summed E-state index contributed by atoms with van der Waals surface area (Å²) in [5.74, 6) is 0.498. The number of ether oxygens (including phenoxy) is 1. The second kappa shape index (κ2) is 3.87. The van der Waals surface area contributed by atoms with Gasteiger partial charge in [-0.2, -0.15) is 0 Å². The van der Waals surface area contributed by atoms with Crippen LogP contribution in [0.15, 0.2) is 33.6 Å². The van der Waals surface area contributed by atoms with Gasteiger partial charge in [0.1, 0.15) is 5.69 Å². The SMILES string of the molecule is CCOc1c2c(=O)onc-2c2ccccc2n1C. The number of pyridine rings is 1. The first-order valence-electron chi connectivity index (χ1n) is 5.74. The fraction of sp³-hybridized carbons (Fsp3) is 0.231. The highest BCUT2D eigenvalue weighted by molar-refractivity contribution is 5.95. The van der Waals surface area contributed by atoms with E-state index in [1.54, 1.807) is 0 Å². The summed E-state index contributed by atoms with van der Waals surface area (Å²) in [4.78, 5) is 11.7. The number of para-hydroxylation sites is 1.